The summed E-state index contributed by atoms with van der Waals surface area (Å²) in [5.74, 6) is 1.00. The molecule has 3 heterocycles. The molecule has 0 aliphatic carbocycles. The molecule has 1 aromatic carbocycles. The van der Waals surface area contributed by atoms with Crippen LogP contribution in [0.5, 0.6) is 5.75 Å². The molecule has 0 saturated carbocycles. The minimum Gasteiger partial charge on any atom is -0.508 e. The van der Waals surface area contributed by atoms with Crippen LogP contribution in [-0.2, 0) is 6.54 Å². The lowest BCUT2D eigenvalue weighted by atomic mass is 10.0. The van der Waals surface area contributed by atoms with Crippen molar-refractivity contribution in [1.82, 2.24) is 19.9 Å². The first-order chi connectivity index (χ1) is 11.8. The van der Waals surface area contributed by atoms with Gasteiger partial charge in [0.05, 0.1) is 5.69 Å². The standard InChI is InChI=1S/C18H18N4OS/c23-15-6-4-13(5-7-15)16-3-1-10-22(16)11-14-12-24-18(21-14)17-19-8-2-9-20-17/h2,4-9,12,16,23H,1,3,10-11H2/t16-/m0/s1. The molecule has 24 heavy (non-hydrogen) atoms. The van der Waals surface area contributed by atoms with Crippen molar-refractivity contribution in [3.63, 3.8) is 0 Å². The van der Waals surface area contributed by atoms with Crippen LogP contribution in [0.25, 0.3) is 10.8 Å². The fourth-order valence-electron chi connectivity index (χ4n) is 3.19. The molecule has 0 unspecified atom stereocenters. The molecular weight excluding hydrogens is 320 g/mol. The third-order valence-corrected chi connectivity index (χ3v) is 5.20. The number of thiazole rings is 1. The van der Waals surface area contributed by atoms with Crippen LogP contribution in [0.15, 0.2) is 48.1 Å². The Kier molecular flexibility index (Phi) is 4.23. The zero-order chi connectivity index (χ0) is 16.4. The fourth-order valence-corrected chi connectivity index (χ4v) is 3.94. The van der Waals surface area contributed by atoms with Crippen LogP contribution in [0, 0.1) is 0 Å². The van der Waals surface area contributed by atoms with Crippen molar-refractivity contribution in [3.8, 4) is 16.6 Å². The summed E-state index contributed by atoms with van der Waals surface area (Å²) in [6.07, 6.45) is 5.81. The minimum absolute atomic E-state index is 0.315. The van der Waals surface area contributed by atoms with E-state index in [1.165, 1.54) is 12.0 Å². The maximum Gasteiger partial charge on any atom is 0.188 e. The van der Waals surface area contributed by atoms with Crippen LogP contribution in [0.2, 0.25) is 0 Å². The van der Waals surface area contributed by atoms with Crippen molar-refractivity contribution in [2.75, 3.05) is 6.54 Å². The second-order valence-corrected chi connectivity index (χ2v) is 6.79. The SMILES string of the molecule is Oc1ccc([C@@H]2CCCN2Cc2csc(-c3ncccn3)n2)cc1. The zero-order valence-electron chi connectivity index (χ0n) is 13.2. The molecule has 122 valence electrons. The van der Waals surface area contributed by atoms with Gasteiger partial charge in [-0.3, -0.25) is 4.90 Å². The molecule has 1 fully saturated rings. The van der Waals surface area contributed by atoms with Gasteiger partial charge in [0, 0.05) is 30.4 Å². The molecule has 0 spiro atoms. The van der Waals surface area contributed by atoms with Crippen molar-refractivity contribution < 1.29 is 5.11 Å². The van der Waals surface area contributed by atoms with Crippen molar-refractivity contribution in [1.29, 1.82) is 0 Å². The van der Waals surface area contributed by atoms with Gasteiger partial charge in [-0.2, -0.15) is 0 Å². The first kappa shape index (κ1) is 15.2. The lowest BCUT2D eigenvalue weighted by molar-refractivity contribution is 0.246. The first-order valence-corrected chi connectivity index (χ1v) is 8.92. The van der Waals surface area contributed by atoms with Crippen LogP contribution in [0.4, 0.5) is 0 Å². The van der Waals surface area contributed by atoms with Gasteiger partial charge in [0.2, 0.25) is 0 Å². The number of phenolic OH excluding ortho intramolecular Hbond substituents is 1. The Labute approximate surface area is 144 Å². The number of rotatable bonds is 4. The van der Waals surface area contributed by atoms with Gasteiger partial charge in [0.25, 0.3) is 0 Å². The highest BCUT2D eigenvalue weighted by atomic mass is 32.1. The summed E-state index contributed by atoms with van der Waals surface area (Å²) in [5.41, 5.74) is 2.32. The predicted molar refractivity (Wildman–Crippen MR) is 93.6 cm³/mol. The van der Waals surface area contributed by atoms with Gasteiger partial charge < -0.3 is 5.11 Å². The number of hydrogen-bond donors (Lipinski definition) is 1. The molecule has 2 aromatic heterocycles. The van der Waals surface area contributed by atoms with Gasteiger partial charge in [-0.1, -0.05) is 12.1 Å². The third-order valence-electron chi connectivity index (χ3n) is 4.32. The average Bonchev–Trinajstić information content (AvgIpc) is 3.27. The lowest BCUT2D eigenvalue weighted by Gasteiger charge is -2.24. The summed E-state index contributed by atoms with van der Waals surface area (Å²) < 4.78 is 0. The highest BCUT2D eigenvalue weighted by Crippen LogP contribution is 2.34. The smallest absolute Gasteiger partial charge is 0.188 e. The molecule has 1 atom stereocenters. The zero-order valence-corrected chi connectivity index (χ0v) is 14.0. The highest BCUT2D eigenvalue weighted by molar-refractivity contribution is 7.13. The summed E-state index contributed by atoms with van der Waals surface area (Å²) in [7, 11) is 0. The number of aromatic nitrogens is 3. The molecule has 1 aliphatic rings. The number of benzene rings is 1. The van der Waals surface area contributed by atoms with Crippen LogP contribution in [0.3, 0.4) is 0 Å². The Hall–Kier alpha value is -2.31. The van der Waals surface area contributed by atoms with E-state index in [2.05, 4.69) is 20.2 Å². The summed E-state index contributed by atoms with van der Waals surface area (Å²) in [4.78, 5) is 15.7. The van der Waals surface area contributed by atoms with Crippen LogP contribution in [-0.4, -0.2) is 31.5 Å². The molecule has 1 aliphatic heterocycles. The maximum absolute atomic E-state index is 9.48. The second kappa shape index (κ2) is 6.67. The molecule has 6 heteroatoms. The van der Waals surface area contributed by atoms with Gasteiger partial charge in [-0.25, -0.2) is 15.0 Å². The Morgan fingerprint density at radius 3 is 2.75 bits per heavy atom. The molecule has 5 nitrogen and oxygen atoms in total. The van der Waals surface area contributed by atoms with E-state index in [4.69, 9.17) is 4.98 Å². The lowest BCUT2D eigenvalue weighted by Crippen LogP contribution is -2.22. The van der Waals surface area contributed by atoms with E-state index in [1.807, 2.05) is 18.2 Å². The summed E-state index contributed by atoms with van der Waals surface area (Å²) in [5, 5.41) is 12.4. The highest BCUT2D eigenvalue weighted by Gasteiger charge is 2.26. The third kappa shape index (κ3) is 3.16. The Morgan fingerprint density at radius 2 is 1.96 bits per heavy atom. The molecular formula is C18H18N4OS. The van der Waals surface area contributed by atoms with E-state index in [-0.39, 0.29) is 0 Å². The summed E-state index contributed by atoms with van der Waals surface area (Å²) in [6.45, 7) is 1.90. The Balaban J connectivity index is 1.50. The van der Waals surface area contributed by atoms with Crippen LogP contribution in [0.1, 0.15) is 30.1 Å². The van der Waals surface area contributed by atoms with Crippen molar-refractivity contribution in [2.24, 2.45) is 0 Å². The summed E-state index contributed by atoms with van der Waals surface area (Å²) >= 11 is 1.59. The van der Waals surface area contributed by atoms with Gasteiger partial charge in [-0.05, 0) is 43.1 Å². The normalized spacial score (nSPS) is 18.1. The number of phenols is 1. The van der Waals surface area contributed by atoms with Crippen molar-refractivity contribution in [3.05, 3.63) is 59.4 Å². The fraction of sp³-hybridized carbons (Fsp3) is 0.278. The molecule has 0 bridgehead atoms. The second-order valence-electron chi connectivity index (χ2n) is 5.94. The van der Waals surface area contributed by atoms with Crippen molar-refractivity contribution in [2.45, 2.75) is 25.4 Å². The average molecular weight is 338 g/mol. The van der Waals surface area contributed by atoms with Gasteiger partial charge in [0.15, 0.2) is 10.8 Å². The molecule has 1 N–H and O–H groups in total. The van der Waals surface area contributed by atoms with Gasteiger partial charge in [-0.15, -0.1) is 11.3 Å². The number of nitrogens with zero attached hydrogens (tertiary/aromatic N) is 4. The van der Waals surface area contributed by atoms with E-state index in [9.17, 15) is 5.11 Å². The first-order valence-electron chi connectivity index (χ1n) is 8.04. The number of likely N-dealkylation sites (tertiary alicyclic amines) is 1. The topological polar surface area (TPSA) is 62.1 Å². The Bertz CT molecular complexity index is 803. The molecule has 0 amide bonds. The maximum atomic E-state index is 9.48. The van der Waals surface area contributed by atoms with Crippen molar-refractivity contribution >= 4 is 11.3 Å². The van der Waals surface area contributed by atoms with Gasteiger partial charge >= 0.3 is 0 Å². The molecule has 1 saturated heterocycles. The number of aromatic hydroxyl groups is 1. The van der Waals surface area contributed by atoms with Gasteiger partial charge in [0.1, 0.15) is 5.75 Å². The molecule has 0 radical (unpaired) electrons. The monoisotopic (exact) mass is 338 g/mol. The number of hydrogen-bond acceptors (Lipinski definition) is 6. The Morgan fingerprint density at radius 1 is 1.17 bits per heavy atom. The largest absolute Gasteiger partial charge is 0.508 e. The van der Waals surface area contributed by atoms with Crippen LogP contribution < -0.4 is 0 Å². The van der Waals surface area contributed by atoms with E-state index in [0.717, 1.165) is 30.2 Å². The van der Waals surface area contributed by atoms with E-state index >= 15 is 0 Å². The predicted octanol–water partition coefficient (Wildman–Crippen LogP) is 3.64. The van der Waals surface area contributed by atoms with E-state index < -0.39 is 0 Å². The minimum atomic E-state index is 0.315. The molecule has 3 aromatic rings. The summed E-state index contributed by atoms with van der Waals surface area (Å²) in [6, 6.07) is 9.76. The molecule has 4 rings (SSSR count). The van der Waals surface area contributed by atoms with Crippen LogP contribution >= 0.6 is 11.3 Å². The van der Waals surface area contributed by atoms with E-state index in [0.29, 0.717) is 17.6 Å². The quantitative estimate of drug-likeness (QED) is 0.787. The van der Waals surface area contributed by atoms with E-state index in [1.54, 1.807) is 35.9 Å².